The molecule has 1 aromatic carbocycles. The van der Waals surface area contributed by atoms with E-state index in [1.807, 2.05) is 17.5 Å². The van der Waals surface area contributed by atoms with Gasteiger partial charge in [-0.25, -0.2) is 13.2 Å². The van der Waals surface area contributed by atoms with E-state index in [2.05, 4.69) is 0 Å². The smallest absolute Gasteiger partial charge is 0.194 e. The predicted molar refractivity (Wildman–Crippen MR) is 65.9 cm³/mol. The van der Waals surface area contributed by atoms with E-state index in [0.29, 0.717) is 12.8 Å². The van der Waals surface area contributed by atoms with E-state index in [1.54, 1.807) is 11.3 Å². The van der Waals surface area contributed by atoms with Crippen molar-refractivity contribution in [3.05, 3.63) is 57.5 Å². The van der Waals surface area contributed by atoms with Crippen molar-refractivity contribution >= 4 is 11.3 Å². The maximum absolute atomic E-state index is 13.5. The van der Waals surface area contributed by atoms with E-state index < -0.39 is 23.5 Å². The number of halogens is 3. The summed E-state index contributed by atoms with van der Waals surface area (Å²) in [5.41, 5.74) is 5.83. The van der Waals surface area contributed by atoms with Crippen molar-refractivity contribution in [2.24, 2.45) is 5.73 Å². The van der Waals surface area contributed by atoms with Crippen LogP contribution in [0.3, 0.4) is 0 Å². The number of hydrogen-bond acceptors (Lipinski definition) is 2. The van der Waals surface area contributed by atoms with Gasteiger partial charge in [0.1, 0.15) is 0 Å². The maximum atomic E-state index is 13.5. The van der Waals surface area contributed by atoms with Crippen molar-refractivity contribution in [2.75, 3.05) is 0 Å². The predicted octanol–water partition coefficient (Wildman–Crippen LogP) is 3.80. The van der Waals surface area contributed by atoms with Gasteiger partial charge in [-0.2, -0.15) is 0 Å². The molecule has 0 saturated carbocycles. The Morgan fingerprint density at radius 2 is 1.89 bits per heavy atom. The lowest BCUT2D eigenvalue weighted by Gasteiger charge is -2.13. The Bertz CT molecular complexity index is 525. The van der Waals surface area contributed by atoms with Gasteiger partial charge in [0.15, 0.2) is 17.5 Å². The van der Waals surface area contributed by atoms with Gasteiger partial charge in [-0.05, 0) is 30.4 Å². The summed E-state index contributed by atoms with van der Waals surface area (Å²) in [6, 6.07) is 5.34. The second-order valence-electron chi connectivity index (χ2n) is 3.99. The highest BCUT2D eigenvalue weighted by molar-refractivity contribution is 7.09. The molecule has 1 unspecified atom stereocenters. The first kappa shape index (κ1) is 13.1. The van der Waals surface area contributed by atoms with E-state index in [0.717, 1.165) is 10.9 Å². The minimum Gasteiger partial charge on any atom is -0.324 e. The third-order valence-corrected chi connectivity index (χ3v) is 3.68. The van der Waals surface area contributed by atoms with Gasteiger partial charge < -0.3 is 5.73 Å². The molecular weight excluding hydrogens is 259 g/mol. The van der Waals surface area contributed by atoms with Crippen molar-refractivity contribution in [3.63, 3.8) is 0 Å². The van der Waals surface area contributed by atoms with Gasteiger partial charge >= 0.3 is 0 Å². The Labute approximate surface area is 107 Å². The molecule has 0 bridgehead atoms. The Hall–Kier alpha value is -1.33. The molecule has 2 rings (SSSR count). The molecule has 0 radical (unpaired) electrons. The molecule has 96 valence electrons. The molecule has 0 aliphatic rings. The summed E-state index contributed by atoms with van der Waals surface area (Å²) in [5, 5.41) is 1.94. The van der Waals surface area contributed by atoms with Crippen molar-refractivity contribution in [2.45, 2.75) is 18.9 Å². The summed E-state index contributed by atoms with van der Waals surface area (Å²) in [7, 11) is 0. The lowest BCUT2D eigenvalue weighted by molar-refractivity contribution is 0.433. The molecular formula is C13H12F3NS. The van der Waals surface area contributed by atoms with Crippen LogP contribution < -0.4 is 5.73 Å². The standard InChI is InChI=1S/C13H12F3NS/c14-10-5-4-9(12(15)13(10)16)11(17)6-3-8-2-1-7-18-8/h1-2,4-5,7,11H,3,6,17H2. The Balaban J connectivity index is 2.09. The maximum Gasteiger partial charge on any atom is 0.194 e. The van der Waals surface area contributed by atoms with E-state index in [-0.39, 0.29) is 5.56 Å². The van der Waals surface area contributed by atoms with Crippen LogP contribution in [-0.4, -0.2) is 0 Å². The molecule has 1 aromatic heterocycles. The summed E-state index contributed by atoms with van der Waals surface area (Å²) < 4.78 is 39.3. The van der Waals surface area contributed by atoms with Crippen LogP contribution in [0.2, 0.25) is 0 Å². The normalized spacial score (nSPS) is 12.7. The van der Waals surface area contributed by atoms with Crippen molar-refractivity contribution < 1.29 is 13.2 Å². The third kappa shape index (κ3) is 2.73. The lowest BCUT2D eigenvalue weighted by Crippen LogP contribution is -2.14. The Kier molecular flexibility index (Phi) is 4.04. The molecule has 0 amide bonds. The zero-order valence-corrected chi connectivity index (χ0v) is 10.3. The first-order valence-corrected chi connectivity index (χ1v) is 6.39. The van der Waals surface area contributed by atoms with Crippen LogP contribution in [0.15, 0.2) is 29.6 Å². The van der Waals surface area contributed by atoms with Crippen LogP contribution >= 0.6 is 11.3 Å². The minimum atomic E-state index is -1.46. The van der Waals surface area contributed by atoms with Gasteiger partial charge in [0.25, 0.3) is 0 Å². The lowest BCUT2D eigenvalue weighted by atomic mass is 10.0. The summed E-state index contributed by atoms with van der Waals surface area (Å²) in [6.07, 6.45) is 1.18. The fourth-order valence-electron chi connectivity index (χ4n) is 1.74. The van der Waals surface area contributed by atoms with Crippen molar-refractivity contribution in [1.29, 1.82) is 0 Å². The fourth-order valence-corrected chi connectivity index (χ4v) is 2.46. The average molecular weight is 271 g/mol. The number of hydrogen-bond donors (Lipinski definition) is 1. The number of benzene rings is 1. The SMILES string of the molecule is NC(CCc1cccs1)c1ccc(F)c(F)c1F. The molecule has 0 saturated heterocycles. The number of aryl methyl sites for hydroxylation is 1. The topological polar surface area (TPSA) is 26.0 Å². The van der Waals surface area contributed by atoms with Gasteiger partial charge in [-0.1, -0.05) is 12.1 Å². The van der Waals surface area contributed by atoms with Crippen LogP contribution in [0.1, 0.15) is 22.9 Å². The first-order chi connectivity index (χ1) is 8.59. The van der Waals surface area contributed by atoms with Gasteiger partial charge in [-0.15, -0.1) is 11.3 Å². The van der Waals surface area contributed by atoms with Gasteiger partial charge in [-0.3, -0.25) is 0 Å². The van der Waals surface area contributed by atoms with Crippen molar-refractivity contribution in [1.82, 2.24) is 0 Å². The molecule has 0 aliphatic carbocycles. The van der Waals surface area contributed by atoms with Crippen LogP contribution in [0.4, 0.5) is 13.2 Å². The number of rotatable bonds is 4. The van der Waals surface area contributed by atoms with E-state index in [4.69, 9.17) is 5.73 Å². The van der Waals surface area contributed by atoms with E-state index in [1.165, 1.54) is 6.07 Å². The molecule has 18 heavy (non-hydrogen) atoms. The van der Waals surface area contributed by atoms with E-state index in [9.17, 15) is 13.2 Å². The highest BCUT2D eigenvalue weighted by atomic mass is 32.1. The van der Waals surface area contributed by atoms with Crippen LogP contribution in [0, 0.1) is 17.5 Å². The molecule has 1 heterocycles. The molecule has 1 atom stereocenters. The summed E-state index contributed by atoms with van der Waals surface area (Å²) in [5.74, 6) is -3.84. The molecule has 5 heteroatoms. The first-order valence-electron chi connectivity index (χ1n) is 5.51. The second kappa shape index (κ2) is 5.54. The summed E-state index contributed by atoms with van der Waals surface area (Å²) >= 11 is 1.59. The van der Waals surface area contributed by atoms with Crippen LogP contribution in [0.25, 0.3) is 0 Å². The monoisotopic (exact) mass is 271 g/mol. The summed E-state index contributed by atoms with van der Waals surface area (Å²) in [6.45, 7) is 0. The van der Waals surface area contributed by atoms with Crippen LogP contribution in [0.5, 0.6) is 0 Å². The largest absolute Gasteiger partial charge is 0.324 e. The Morgan fingerprint density at radius 3 is 2.56 bits per heavy atom. The Morgan fingerprint density at radius 1 is 1.11 bits per heavy atom. The summed E-state index contributed by atoms with van der Waals surface area (Å²) in [4.78, 5) is 1.13. The minimum absolute atomic E-state index is 0.0189. The molecule has 2 N–H and O–H groups in total. The zero-order valence-electron chi connectivity index (χ0n) is 9.50. The van der Waals surface area contributed by atoms with Gasteiger partial charge in [0, 0.05) is 16.5 Å². The van der Waals surface area contributed by atoms with Gasteiger partial charge in [0.05, 0.1) is 0 Å². The van der Waals surface area contributed by atoms with E-state index >= 15 is 0 Å². The fraction of sp³-hybridized carbons (Fsp3) is 0.231. The average Bonchev–Trinajstić information content (AvgIpc) is 2.86. The second-order valence-corrected chi connectivity index (χ2v) is 5.02. The molecule has 1 nitrogen and oxygen atoms in total. The third-order valence-electron chi connectivity index (χ3n) is 2.75. The highest BCUT2D eigenvalue weighted by Crippen LogP contribution is 2.24. The van der Waals surface area contributed by atoms with Gasteiger partial charge in [0.2, 0.25) is 0 Å². The molecule has 2 aromatic rings. The quantitative estimate of drug-likeness (QED) is 0.841. The molecule has 0 spiro atoms. The zero-order chi connectivity index (χ0) is 13.1. The highest BCUT2D eigenvalue weighted by Gasteiger charge is 2.18. The molecule has 0 fully saturated rings. The van der Waals surface area contributed by atoms with Crippen molar-refractivity contribution in [3.8, 4) is 0 Å². The number of thiophene rings is 1. The molecule has 0 aliphatic heterocycles. The van der Waals surface area contributed by atoms with Crippen LogP contribution in [-0.2, 0) is 6.42 Å². The number of nitrogens with two attached hydrogens (primary N) is 1.